The van der Waals surface area contributed by atoms with Crippen molar-refractivity contribution < 1.29 is 0 Å². The van der Waals surface area contributed by atoms with Crippen molar-refractivity contribution in [3.8, 4) is 22.3 Å². The standard InChI is InChI=1S/C24H16IN/c25-26-23-13-11-19(17-7-3-1-4-8-17)15-21(23)22-16-20(12-14-24(22)26)18-9-5-2-6-10-18/h1-16H. The van der Waals surface area contributed by atoms with Crippen LogP contribution in [0.5, 0.6) is 0 Å². The van der Waals surface area contributed by atoms with E-state index in [0.29, 0.717) is 0 Å². The summed E-state index contributed by atoms with van der Waals surface area (Å²) >= 11 is 2.40. The number of hydrogen-bond donors (Lipinski definition) is 0. The van der Waals surface area contributed by atoms with Crippen molar-refractivity contribution in [1.29, 1.82) is 0 Å². The second kappa shape index (κ2) is 6.29. The zero-order chi connectivity index (χ0) is 17.5. The molecule has 0 bridgehead atoms. The molecule has 5 aromatic rings. The molecule has 124 valence electrons. The Hall–Kier alpha value is -2.59. The third-order valence-corrected chi connectivity index (χ3v) is 5.96. The van der Waals surface area contributed by atoms with Crippen LogP contribution in [0.3, 0.4) is 0 Å². The van der Waals surface area contributed by atoms with Crippen LogP contribution in [0.25, 0.3) is 44.1 Å². The van der Waals surface area contributed by atoms with Gasteiger partial charge in [0.2, 0.25) is 0 Å². The number of aromatic nitrogens is 1. The van der Waals surface area contributed by atoms with E-state index in [1.165, 1.54) is 44.1 Å². The normalized spacial score (nSPS) is 11.3. The minimum atomic E-state index is 1.25. The first kappa shape index (κ1) is 15.6. The molecule has 0 aliphatic carbocycles. The molecule has 0 atom stereocenters. The summed E-state index contributed by atoms with van der Waals surface area (Å²) in [6, 6.07) is 34.7. The molecule has 1 aromatic heterocycles. The molecule has 0 aliphatic heterocycles. The molecule has 2 heteroatoms. The van der Waals surface area contributed by atoms with Crippen LogP contribution in [-0.2, 0) is 0 Å². The van der Waals surface area contributed by atoms with Gasteiger partial charge in [-0.15, -0.1) is 0 Å². The first-order valence-corrected chi connectivity index (χ1v) is 9.63. The van der Waals surface area contributed by atoms with Crippen LogP contribution in [0, 0.1) is 0 Å². The Morgan fingerprint density at radius 1 is 0.462 bits per heavy atom. The summed E-state index contributed by atoms with van der Waals surface area (Å²) in [5.74, 6) is 0. The maximum Gasteiger partial charge on any atom is 0.0646 e. The van der Waals surface area contributed by atoms with E-state index in [2.05, 4.69) is 123 Å². The van der Waals surface area contributed by atoms with Gasteiger partial charge in [0.15, 0.2) is 0 Å². The smallest absolute Gasteiger partial charge is 0.0646 e. The lowest BCUT2D eigenvalue weighted by Gasteiger charge is -2.03. The Bertz CT molecular complexity index is 1120. The minimum Gasteiger partial charge on any atom is -0.282 e. The quantitative estimate of drug-likeness (QED) is 0.251. The lowest BCUT2D eigenvalue weighted by atomic mass is 10.0. The second-order valence-electron chi connectivity index (χ2n) is 6.48. The first-order chi connectivity index (χ1) is 12.8. The van der Waals surface area contributed by atoms with E-state index in [4.69, 9.17) is 0 Å². The Morgan fingerprint density at radius 3 is 1.31 bits per heavy atom. The third-order valence-electron chi connectivity index (χ3n) is 4.92. The van der Waals surface area contributed by atoms with Crippen LogP contribution in [-0.4, -0.2) is 2.78 Å². The zero-order valence-corrected chi connectivity index (χ0v) is 16.2. The van der Waals surface area contributed by atoms with Crippen LogP contribution < -0.4 is 0 Å². The van der Waals surface area contributed by atoms with Crippen molar-refractivity contribution in [1.82, 2.24) is 2.78 Å². The summed E-state index contributed by atoms with van der Waals surface area (Å²) in [5.41, 5.74) is 7.53. The highest BCUT2D eigenvalue weighted by Crippen LogP contribution is 2.36. The van der Waals surface area contributed by atoms with E-state index < -0.39 is 0 Å². The van der Waals surface area contributed by atoms with E-state index in [1.807, 2.05) is 0 Å². The number of rotatable bonds is 2. The molecule has 0 aliphatic rings. The maximum atomic E-state index is 2.40. The Kier molecular flexibility index (Phi) is 3.79. The molecule has 0 spiro atoms. The van der Waals surface area contributed by atoms with Crippen LogP contribution in [0.4, 0.5) is 0 Å². The Balaban J connectivity index is 1.78. The fraction of sp³-hybridized carbons (Fsp3) is 0. The minimum absolute atomic E-state index is 1.25. The van der Waals surface area contributed by atoms with E-state index in [0.717, 1.165) is 0 Å². The zero-order valence-electron chi connectivity index (χ0n) is 14.1. The van der Waals surface area contributed by atoms with E-state index in [9.17, 15) is 0 Å². The topological polar surface area (TPSA) is 4.93 Å². The van der Waals surface area contributed by atoms with Crippen LogP contribution in [0.1, 0.15) is 0 Å². The first-order valence-electron chi connectivity index (χ1n) is 8.66. The largest absolute Gasteiger partial charge is 0.282 e. The predicted octanol–water partition coefficient (Wildman–Crippen LogP) is 7.33. The molecule has 1 nitrogen and oxygen atoms in total. The van der Waals surface area contributed by atoms with Gasteiger partial charge in [0, 0.05) is 10.8 Å². The van der Waals surface area contributed by atoms with Gasteiger partial charge < -0.3 is 0 Å². The Labute approximate surface area is 166 Å². The molecule has 0 unspecified atom stereocenters. The second-order valence-corrected chi connectivity index (χ2v) is 7.44. The van der Waals surface area contributed by atoms with Crippen molar-refractivity contribution >= 4 is 44.7 Å². The van der Waals surface area contributed by atoms with Crippen molar-refractivity contribution in [2.24, 2.45) is 0 Å². The molecule has 0 amide bonds. The van der Waals surface area contributed by atoms with Crippen molar-refractivity contribution in [2.75, 3.05) is 0 Å². The predicted molar refractivity (Wildman–Crippen MR) is 120 cm³/mol. The van der Waals surface area contributed by atoms with Gasteiger partial charge in [0.05, 0.1) is 33.9 Å². The fourth-order valence-electron chi connectivity index (χ4n) is 3.60. The summed E-state index contributed by atoms with van der Waals surface area (Å²) in [5, 5.41) is 2.60. The third kappa shape index (κ3) is 2.53. The molecule has 0 saturated carbocycles. The van der Waals surface area contributed by atoms with Gasteiger partial charge >= 0.3 is 0 Å². The molecule has 0 radical (unpaired) electrons. The highest BCUT2D eigenvalue weighted by molar-refractivity contribution is 14.1. The highest BCUT2D eigenvalue weighted by Gasteiger charge is 2.11. The van der Waals surface area contributed by atoms with Crippen LogP contribution in [0.15, 0.2) is 97.1 Å². The molecular weight excluding hydrogens is 429 g/mol. The molecule has 0 fully saturated rings. The van der Waals surface area contributed by atoms with Gasteiger partial charge in [-0.3, -0.25) is 2.78 Å². The highest BCUT2D eigenvalue weighted by atomic mass is 127. The van der Waals surface area contributed by atoms with Crippen LogP contribution >= 0.6 is 22.9 Å². The van der Waals surface area contributed by atoms with E-state index >= 15 is 0 Å². The van der Waals surface area contributed by atoms with Crippen molar-refractivity contribution in [2.45, 2.75) is 0 Å². The molecule has 26 heavy (non-hydrogen) atoms. The number of nitrogens with zero attached hydrogens (tertiary/aromatic N) is 1. The molecule has 0 N–H and O–H groups in total. The monoisotopic (exact) mass is 445 g/mol. The van der Waals surface area contributed by atoms with Crippen LogP contribution in [0.2, 0.25) is 0 Å². The average Bonchev–Trinajstić information content (AvgIpc) is 3.01. The average molecular weight is 445 g/mol. The van der Waals surface area contributed by atoms with Gasteiger partial charge in [0.1, 0.15) is 0 Å². The van der Waals surface area contributed by atoms with Gasteiger partial charge in [-0.1, -0.05) is 72.8 Å². The molecule has 0 saturated heterocycles. The van der Waals surface area contributed by atoms with E-state index in [1.54, 1.807) is 0 Å². The summed E-state index contributed by atoms with van der Waals surface area (Å²) < 4.78 is 2.26. The lowest BCUT2D eigenvalue weighted by Crippen LogP contribution is -1.79. The molecular formula is C24H16IN. The van der Waals surface area contributed by atoms with E-state index in [-0.39, 0.29) is 0 Å². The van der Waals surface area contributed by atoms with Gasteiger partial charge in [0.25, 0.3) is 0 Å². The number of fused-ring (bicyclic) bond motifs is 3. The molecule has 1 heterocycles. The summed E-state index contributed by atoms with van der Waals surface area (Å²) in [4.78, 5) is 0. The maximum absolute atomic E-state index is 2.40. The number of benzene rings is 4. The summed E-state index contributed by atoms with van der Waals surface area (Å²) in [6.07, 6.45) is 0. The lowest BCUT2D eigenvalue weighted by molar-refractivity contribution is 1.49. The van der Waals surface area contributed by atoms with Gasteiger partial charge in [-0.05, 0) is 46.5 Å². The van der Waals surface area contributed by atoms with Crippen molar-refractivity contribution in [3.05, 3.63) is 97.1 Å². The SMILES string of the molecule is In1c2ccc(-c3ccccc3)cc2c2cc(-c3ccccc3)ccc21. The van der Waals surface area contributed by atoms with Gasteiger partial charge in [-0.25, -0.2) is 0 Å². The fourth-order valence-corrected chi connectivity index (χ4v) is 4.44. The summed E-state index contributed by atoms with van der Waals surface area (Å²) in [7, 11) is 0. The Morgan fingerprint density at radius 2 is 0.885 bits per heavy atom. The summed E-state index contributed by atoms with van der Waals surface area (Å²) in [6.45, 7) is 0. The van der Waals surface area contributed by atoms with Crippen molar-refractivity contribution in [3.63, 3.8) is 0 Å². The molecule has 4 aromatic carbocycles. The number of halogens is 1. The molecule has 5 rings (SSSR count). The number of hydrogen-bond acceptors (Lipinski definition) is 0. The van der Waals surface area contributed by atoms with Gasteiger partial charge in [-0.2, -0.15) is 0 Å².